The maximum absolute atomic E-state index is 13.1. The Morgan fingerprint density at radius 3 is 2.37 bits per heavy atom. The largest absolute Gasteiger partial charge is 0.338 e. The Morgan fingerprint density at radius 2 is 1.77 bits per heavy atom. The van der Waals surface area contributed by atoms with E-state index in [1.54, 1.807) is 11.1 Å². The van der Waals surface area contributed by atoms with Crippen LogP contribution in [0.3, 0.4) is 0 Å². The summed E-state index contributed by atoms with van der Waals surface area (Å²) in [4.78, 5) is 38.9. The van der Waals surface area contributed by atoms with Crippen molar-refractivity contribution in [2.75, 3.05) is 40.3 Å². The highest BCUT2D eigenvalue weighted by molar-refractivity contribution is 5.92. The summed E-state index contributed by atoms with van der Waals surface area (Å²) < 4.78 is 0. The molecule has 2 rings (SSSR count). The maximum Gasteiger partial charge on any atom is 0.274 e. The first-order valence-corrected chi connectivity index (χ1v) is 10.5. The monoisotopic (exact) mass is 412 g/mol. The van der Waals surface area contributed by atoms with Crippen LogP contribution in [0, 0.1) is 5.92 Å². The van der Waals surface area contributed by atoms with E-state index in [1.807, 2.05) is 35.2 Å². The minimum atomic E-state index is -0.183. The fraction of sp³-hybridized carbons (Fsp3) is 0.478. The number of carbonyl (C=O) groups excluding carboxylic acids is 2. The van der Waals surface area contributed by atoms with Gasteiger partial charge in [0.2, 0.25) is 5.91 Å². The molecule has 1 heterocycles. The third kappa shape index (κ3) is 7.91. The fourth-order valence-corrected chi connectivity index (χ4v) is 3.13. The van der Waals surface area contributed by atoms with E-state index in [0.717, 1.165) is 12.1 Å². The van der Waals surface area contributed by atoms with Crippen LogP contribution in [-0.4, -0.2) is 71.9 Å². The van der Waals surface area contributed by atoms with Gasteiger partial charge in [0, 0.05) is 38.4 Å². The van der Waals surface area contributed by atoms with Gasteiger partial charge in [-0.2, -0.15) is 0 Å². The molecule has 0 aliphatic heterocycles. The number of quaternary nitrogens is 1. The lowest BCUT2D eigenvalue weighted by Crippen LogP contribution is -3.06. The van der Waals surface area contributed by atoms with Crippen molar-refractivity contribution in [1.82, 2.24) is 19.8 Å². The van der Waals surface area contributed by atoms with E-state index in [9.17, 15) is 9.59 Å². The summed E-state index contributed by atoms with van der Waals surface area (Å²) in [5.41, 5.74) is 1.41. The molecule has 2 amide bonds. The van der Waals surface area contributed by atoms with Crippen molar-refractivity contribution in [3.05, 3.63) is 60.2 Å². The highest BCUT2D eigenvalue weighted by atomic mass is 16.2. The van der Waals surface area contributed by atoms with E-state index in [4.69, 9.17) is 0 Å². The number of nitrogens with one attached hydrogen (secondary N) is 1. The summed E-state index contributed by atoms with van der Waals surface area (Å²) in [5.74, 6) is 0.163. The second-order valence-corrected chi connectivity index (χ2v) is 8.24. The van der Waals surface area contributed by atoms with Crippen molar-refractivity contribution in [2.45, 2.75) is 26.8 Å². The molecule has 0 aliphatic rings. The molecule has 1 N–H and O–H groups in total. The number of carbonyl (C=O) groups is 2. The number of hydrogen-bond donors (Lipinski definition) is 1. The van der Waals surface area contributed by atoms with E-state index >= 15 is 0 Å². The Labute approximate surface area is 179 Å². The molecule has 7 heteroatoms. The molecule has 1 aromatic heterocycles. The lowest BCUT2D eigenvalue weighted by atomic mass is 10.1. The van der Waals surface area contributed by atoms with E-state index < -0.39 is 0 Å². The van der Waals surface area contributed by atoms with Gasteiger partial charge in [-0.1, -0.05) is 44.2 Å². The van der Waals surface area contributed by atoms with Crippen LogP contribution in [0.4, 0.5) is 0 Å². The normalized spacial score (nSPS) is 11.0. The van der Waals surface area contributed by atoms with Gasteiger partial charge in [0.15, 0.2) is 0 Å². The summed E-state index contributed by atoms with van der Waals surface area (Å²) in [7, 11) is 4.16. The maximum atomic E-state index is 13.1. The van der Waals surface area contributed by atoms with Crippen molar-refractivity contribution in [3.8, 4) is 0 Å². The molecule has 2 aromatic rings. The summed E-state index contributed by atoms with van der Waals surface area (Å²) in [6.07, 6.45) is 4.81. The smallest absolute Gasteiger partial charge is 0.274 e. The molecule has 162 valence electrons. The first kappa shape index (κ1) is 23.5. The third-order valence-electron chi connectivity index (χ3n) is 4.70. The molecule has 0 fully saturated rings. The van der Waals surface area contributed by atoms with Crippen LogP contribution < -0.4 is 4.90 Å². The van der Waals surface area contributed by atoms with Crippen LogP contribution in [-0.2, 0) is 11.3 Å². The van der Waals surface area contributed by atoms with Gasteiger partial charge in [-0.25, -0.2) is 4.98 Å². The number of rotatable bonds is 11. The average Bonchev–Trinajstić information content (AvgIpc) is 2.74. The lowest BCUT2D eigenvalue weighted by Gasteiger charge is -2.27. The van der Waals surface area contributed by atoms with Crippen LogP contribution in [0.5, 0.6) is 0 Å². The topological polar surface area (TPSA) is 70.8 Å². The third-order valence-corrected chi connectivity index (χ3v) is 4.70. The number of nitrogens with zero attached hydrogens (tertiary/aromatic N) is 4. The molecule has 0 radical (unpaired) electrons. The molecule has 0 saturated carbocycles. The highest BCUT2D eigenvalue weighted by Crippen LogP contribution is 2.09. The number of likely N-dealkylation sites (N-methyl/N-ethyl adjacent to an activating group) is 1. The second-order valence-electron chi connectivity index (χ2n) is 8.24. The Bertz CT molecular complexity index is 781. The van der Waals surface area contributed by atoms with Crippen LogP contribution >= 0.6 is 0 Å². The van der Waals surface area contributed by atoms with E-state index in [-0.39, 0.29) is 18.2 Å². The van der Waals surface area contributed by atoms with Gasteiger partial charge >= 0.3 is 0 Å². The predicted octanol–water partition coefficient (Wildman–Crippen LogP) is 1.14. The zero-order valence-electron chi connectivity index (χ0n) is 18.5. The number of hydrogen-bond acceptors (Lipinski definition) is 4. The van der Waals surface area contributed by atoms with Gasteiger partial charge in [-0.05, 0) is 11.5 Å². The quantitative estimate of drug-likeness (QED) is 0.601. The predicted molar refractivity (Wildman–Crippen MR) is 117 cm³/mol. The molecule has 7 nitrogen and oxygen atoms in total. The fourth-order valence-electron chi connectivity index (χ4n) is 3.13. The van der Waals surface area contributed by atoms with Crippen molar-refractivity contribution in [1.29, 1.82) is 0 Å². The zero-order chi connectivity index (χ0) is 21.9. The summed E-state index contributed by atoms with van der Waals surface area (Å²) in [6.45, 7) is 7.18. The number of aromatic nitrogens is 2. The minimum Gasteiger partial charge on any atom is -0.338 e. The van der Waals surface area contributed by atoms with Crippen LogP contribution in [0.2, 0.25) is 0 Å². The van der Waals surface area contributed by atoms with Crippen molar-refractivity contribution in [2.24, 2.45) is 5.92 Å². The van der Waals surface area contributed by atoms with Crippen LogP contribution in [0.1, 0.15) is 36.3 Å². The SMILES string of the molecule is CC(C)CN(CCC(=O)N(CC[NH+](C)C)Cc1ccccc1)C(=O)c1cnccn1. The molecule has 30 heavy (non-hydrogen) atoms. The van der Waals surface area contributed by atoms with E-state index in [0.29, 0.717) is 37.8 Å². The first-order chi connectivity index (χ1) is 14.4. The van der Waals surface area contributed by atoms with E-state index in [2.05, 4.69) is 37.9 Å². The molecular weight excluding hydrogens is 378 g/mol. The summed E-state index contributed by atoms with van der Waals surface area (Å²) >= 11 is 0. The Kier molecular flexibility index (Phi) is 9.41. The first-order valence-electron chi connectivity index (χ1n) is 10.5. The van der Waals surface area contributed by atoms with Gasteiger partial charge in [-0.3, -0.25) is 14.6 Å². The Balaban J connectivity index is 2.05. The molecule has 0 spiro atoms. The average molecular weight is 413 g/mol. The molecule has 0 atom stereocenters. The van der Waals surface area contributed by atoms with Crippen LogP contribution in [0.15, 0.2) is 48.9 Å². The van der Waals surface area contributed by atoms with Crippen molar-refractivity contribution < 1.29 is 14.5 Å². The molecule has 0 bridgehead atoms. The standard InChI is InChI=1S/C23H33N5O2/c1-19(2)17-28(23(30)21-16-24-11-12-25-21)13-10-22(29)27(15-14-26(3)4)18-20-8-6-5-7-9-20/h5-9,11-12,16,19H,10,13-15,17-18H2,1-4H3/p+1. The molecule has 1 aromatic carbocycles. The lowest BCUT2D eigenvalue weighted by molar-refractivity contribution is -0.857. The molecular formula is C23H34N5O2+. The number of amides is 2. The second kappa shape index (κ2) is 12.0. The molecule has 0 aliphatic carbocycles. The Morgan fingerprint density at radius 1 is 1.03 bits per heavy atom. The van der Waals surface area contributed by atoms with Crippen molar-refractivity contribution >= 4 is 11.8 Å². The van der Waals surface area contributed by atoms with E-state index in [1.165, 1.54) is 17.3 Å². The minimum absolute atomic E-state index is 0.0563. The highest BCUT2D eigenvalue weighted by Gasteiger charge is 2.21. The van der Waals surface area contributed by atoms with Crippen LogP contribution in [0.25, 0.3) is 0 Å². The van der Waals surface area contributed by atoms with Gasteiger partial charge in [0.25, 0.3) is 5.91 Å². The Hall–Kier alpha value is -2.80. The molecule has 0 saturated heterocycles. The zero-order valence-corrected chi connectivity index (χ0v) is 18.5. The van der Waals surface area contributed by atoms with Gasteiger partial charge < -0.3 is 14.7 Å². The number of benzene rings is 1. The molecule has 0 unspecified atom stereocenters. The van der Waals surface area contributed by atoms with Gasteiger partial charge in [0.1, 0.15) is 5.69 Å². The van der Waals surface area contributed by atoms with Crippen molar-refractivity contribution in [3.63, 3.8) is 0 Å². The summed E-state index contributed by atoms with van der Waals surface area (Å²) in [5, 5.41) is 0. The van der Waals surface area contributed by atoms with Gasteiger partial charge in [0.05, 0.1) is 33.4 Å². The van der Waals surface area contributed by atoms with Gasteiger partial charge in [-0.15, -0.1) is 0 Å². The summed E-state index contributed by atoms with van der Waals surface area (Å²) in [6, 6.07) is 10.0.